The minimum atomic E-state index is 1.29. The molecule has 0 aliphatic heterocycles. The van der Waals surface area contributed by atoms with Crippen molar-refractivity contribution in [1.82, 2.24) is 0 Å². The summed E-state index contributed by atoms with van der Waals surface area (Å²) in [7, 11) is 0. The number of halogens is 1. The van der Waals surface area contributed by atoms with Crippen molar-refractivity contribution in [2.24, 2.45) is 0 Å². The van der Waals surface area contributed by atoms with E-state index in [2.05, 4.69) is 11.5 Å². The fourth-order valence-corrected chi connectivity index (χ4v) is 0.287. The van der Waals surface area contributed by atoms with Gasteiger partial charge in [-0.05, 0) is 13.0 Å². The van der Waals surface area contributed by atoms with Crippen LogP contribution in [0.25, 0.3) is 0 Å². The average molecular weight is 127 g/mol. The highest BCUT2D eigenvalue weighted by Gasteiger charge is 1.49. The molecular weight excluding hydrogens is 120 g/mol. The van der Waals surface area contributed by atoms with Crippen LogP contribution in [0.4, 0.5) is 0 Å². The highest BCUT2D eigenvalue weighted by atomic mass is 35.5. The van der Waals surface area contributed by atoms with Crippen molar-refractivity contribution in [3.05, 3.63) is 35.2 Å². The third-order valence-corrected chi connectivity index (χ3v) is 0.619. The molecule has 0 amide bonds. The Labute approximate surface area is 54.5 Å². The van der Waals surface area contributed by atoms with Gasteiger partial charge in [-0.1, -0.05) is 35.2 Å². The molecular formula is C7H7Cl. The van der Waals surface area contributed by atoms with Crippen molar-refractivity contribution >= 4 is 11.6 Å². The lowest BCUT2D eigenvalue weighted by atomic mass is 10.5. The molecule has 0 aromatic rings. The Bertz CT molecular complexity index is 153. The highest BCUT2D eigenvalue weighted by Crippen LogP contribution is 1.72. The molecule has 0 rings (SSSR count). The molecule has 0 N–H and O–H groups in total. The number of allylic oxidation sites excluding steroid dienone is 3. The number of hydrogen-bond donors (Lipinski definition) is 0. The molecule has 0 radical (unpaired) electrons. The van der Waals surface area contributed by atoms with E-state index in [1.54, 1.807) is 6.08 Å². The van der Waals surface area contributed by atoms with Gasteiger partial charge in [0.1, 0.15) is 0 Å². The van der Waals surface area contributed by atoms with Gasteiger partial charge in [0.2, 0.25) is 0 Å². The van der Waals surface area contributed by atoms with Crippen LogP contribution in [0.3, 0.4) is 0 Å². The molecule has 42 valence electrons. The zero-order chi connectivity index (χ0) is 6.24. The predicted octanol–water partition coefficient (Wildman–Crippen LogP) is 2.63. The monoisotopic (exact) mass is 126 g/mol. The summed E-state index contributed by atoms with van der Waals surface area (Å²) in [6, 6.07) is 0. The number of rotatable bonds is 1. The molecule has 0 aliphatic carbocycles. The summed E-state index contributed by atoms with van der Waals surface area (Å²) >= 11 is 5.14. The van der Waals surface area contributed by atoms with E-state index in [-0.39, 0.29) is 0 Å². The van der Waals surface area contributed by atoms with Gasteiger partial charge in [0, 0.05) is 0 Å². The molecule has 0 fully saturated rings. The van der Waals surface area contributed by atoms with Gasteiger partial charge in [0.25, 0.3) is 0 Å². The van der Waals surface area contributed by atoms with Crippen LogP contribution < -0.4 is 0 Å². The molecule has 0 saturated heterocycles. The van der Waals surface area contributed by atoms with E-state index >= 15 is 0 Å². The molecule has 0 aliphatic rings. The maximum atomic E-state index is 5.14. The lowest BCUT2D eigenvalue weighted by Gasteiger charge is -1.58. The van der Waals surface area contributed by atoms with Gasteiger partial charge < -0.3 is 0 Å². The van der Waals surface area contributed by atoms with Gasteiger partial charge in [-0.25, -0.2) is 0 Å². The second-order valence-corrected chi connectivity index (χ2v) is 1.31. The van der Waals surface area contributed by atoms with Crippen LogP contribution >= 0.6 is 11.6 Å². The van der Waals surface area contributed by atoms with Crippen LogP contribution in [0.1, 0.15) is 6.92 Å². The molecule has 0 heterocycles. The standard InChI is InChI=1S/C7H7Cl/c1-2-3-4-5-6-7-8/h2-4,7H,1H3/b3-2+,7-4?. The van der Waals surface area contributed by atoms with E-state index in [0.29, 0.717) is 0 Å². The van der Waals surface area contributed by atoms with Gasteiger partial charge >= 0.3 is 0 Å². The van der Waals surface area contributed by atoms with Crippen LogP contribution in [-0.4, -0.2) is 0 Å². The molecule has 0 aromatic carbocycles. The normalized spacial score (nSPS) is 7.75. The Kier molecular flexibility index (Phi) is 5.80. The van der Waals surface area contributed by atoms with Crippen molar-refractivity contribution in [2.45, 2.75) is 6.92 Å². The zero-order valence-corrected chi connectivity index (χ0v) is 5.44. The quantitative estimate of drug-likeness (QED) is 0.374. The molecule has 0 unspecified atom stereocenters. The SMILES string of the molecule is C/C=C/C=C=C=CCl. The lowest BCUT2D eigenvalue weighted by Crippen LogP contribution is -1.37. The van der Waals surface area contributed by atoms with Crippen LogP contribution in [0.15, 0.2) is 35.2 Å². The van der Waals surface area contributed by atoms with Crippen molar-refractivity contribution in [3.63, 3.8) is 0 Å². The third kappa shape index (κ3) is 5.33. The first-order chi connectivity index (χ1) is 3.91. The largest absolute Gasteiger partial charge is 0.0870 e. The Hall–Kier alpha value is -0.670. The lowest BCUT2D eigenvalue weighted by molar-refractivity contribution is 1.74. The van der Waals surface area contributed by atoms with Gasteiger partial charge in [-0.2, -0.15) is 0 Å². The molecule has 0 bridgehead atoms. The second-order valence-electron chi connectivity index (χ2n) is 1.09. The fraction of sp³-hybridized carbons (Fsp3) is 0.143. The topological polar surface area (TPSA) is 0 Å². The molecule has 0 saturated carbocycles. The first kappa shape index (κ1) is 7.33. The predicted molar refractivity (Wildman–Crippen MR) is 36.8 cm³/mol. The van der Waals surface area contributed by atoms with Gasteiger partial charge in [0.05, 0.1) is 5.54 Å². The summed E-state index contributed by atoms with van der Waals surface area (Å²) in [5.41, 5.74) is 6.55. The first-order valence-electron chi connectivity index (χ1n) is 2.29. The average Bonchev–Trinajstić information content (AvgIpc) is 1.81. The van der Waals surface area contributed by atoms with Crippen molar-refractivity contribution < 1.29 is 0 Å². The third-order valence-electron chi connectivity index (χ3n) is 0.510. The van der Waals surface area contributed by atoms with Gasteiger partial charge in [0.15, 0.2) is 0 Å². The smallest absolute Gasteiger partial charge is 0.0546 e. The van der Waals surface area contributed by atoms with Gasteiger partial charge in [-0.15, -0.1) is 0 Å². The Morgan fingerprint density at radius 3 is 2.62 bits per heavy atom. The fourth-order valence-electron chi connectivity index (χ4n) is 0.224. The molecule has 0 nitrogen and oxygen atoms in total. The maximum absolute atomic E-state index is 5.14. The van der Waals surface area contributed by atoms with E-state index in [0.717, 1.165) is 0 Å². The van der Waals surface area contributed by atoms with Gasteiger partial charge in [-0.3, -0.25) is 0 Å². The molecule has 0 spiro atoms. The summed E-state index contributed by atoms with van der Waals surface area (Å²) in [6.07, 6.45) is 5.50. The van der Waals surface area contributed by atoms with E-state index < -0.39 is 0 Å². The van der Waals surface area contributed by atoms with E-state index in [1.165, 1.54) is 5.54 Å². The molecule has 1 heteroatoms. The maximum Gasteiger partial charge on any atom is 0.0546 e. The molecule has 0 atom stereocenters. The van der Waals surface area contributed by atoms with Crippen molar-refractivity contribution in [1.29, 1.82) is 0 Å². The summed E-state index contributed by atoms with van der Waals surface area (Å²) in [5.74, 6) is 0. The number of hydrogen-bond acceptors (Lipinski definition) is 0. The molecule has 0 aromatic heterocycles. The Balaban J connectivity index is 3.83. The van der Waals surface area contributed by atoms with Crippen molar-refractivity contribution in [3.8, 4) is 0 Å². The van der Waals surface area contributed by atoms with Crippen LogP contribution in [0.2, 0.25) is 0 Å². The van der Waals surface area contributed by atoms with Crippen LogP contribution in [0, 0.1) is 0 Å². The van der Waals surface area contributed by atoms with Crippen molar-refractivity contribution in [2.75, 3.05) is 0 Å². The summed E-state index contributed by atoms with van der Waals surface area (Å²) in [5, 5.41) is 0. The summed E-state index contributed by atoms with van der Waals surface area (Å²) in [4.78, 5) is 0. The van der Waals surface area contributed by atoms with E-state index in [1.807, 2.05) is 19.1 Å². The Morgan fingerprint density at radius 1 is 1.38 bits per heavy atom. The van der Waals surface area contributed by atoms with Crippen LogP contribution in [0.5, 0.6) is 0 Å². The molecule has 8 heavy (non-hydrogen) atoms. The highest BCUT2D eigenvalue weighted by molar-refractivity contribution is 6.25. The minimum Gasteiger partial charge on any atom is -0.0870 e. The van der Waals surface area contributed by atoms with E-state index in [9.17, 15) is 0 Å². The van der Waals surface area contributed by atoms with E-state index in [4.69, 9.17) is 11.6 Å². The second kappa shape index (κ2) is 6.33. The zero-order valence-electron chi connectivity index (χ0n) is 4.69. The Morgan fingerprint density at radius 2 is 2.12 bits per heavy atom. The first-order valence-corrected chi connectivity index (χ1v) is 2.73. The summed E-state index contributed by atoms with van der Waals surface area (Å²) < 4.78 is 0. The minimum absolute atomic E-state index is 1.29. The van der Waals surface area contributed by atoms with Crippen LogP contribution in [-0.2, 0) is 0 Å². The summed E-state index contributed by atoms with van der Waals surface area (Å²) in [6.45, 7) is 1.93.